The maximum atomic E-state index is 11.3. The zero-order valence-corrected chi connectivity index (χ0v) is 13.0. The van der Waals surface area contributed by atoms with Crippen molar-refractivity contribution >= 4 is 28.1 Å². The van der Waals surface area contributed by atoms with E-state index in [0.29, 0.717) is 10.8 Å². The van der Waals surface area contributed by atoms with Gasteiger partial charge < -0.3 is 5.32 Å². The molecule has 0 amide bonds. The minimum Gasteiger partial charge on any atom is -0.377 e. The van der Waals surface area contributed by atoms with Crippen LogP contribution in [0.2, 0.25) is 5.02 Å². The first-order valence-corrected chi connectivity index (χ1v) is 8.42. The maximum absolute atomic E-state index is 11.3. The summed E-state index contributed by atoms with van der Waals surface area (Å²) < 4.78 is 11.3. The third-order valence-electron chi connectivity index (χ3n) is 2.92. The predicted octanol–water partition coefficient (Wildman–Crippen LogP) is 3.79. The molecule has 1 aromatic heterocycles. The van der Waals surface area contributed by atoms with E-state index in [1.165, 1.54) is 0 Å². The van der Waals surface area contributed by atoms with E-state index in [0.717, 1.165) is 16.9 Å². The van der Waals surface area contributed by atoms with Crippen molar-refractivity contribution in [3.05, 3.63) is 58.9 Å². The Balaban J connectivity index is 2.15. The van der Waals surface area contributed by atoms with Crippen molar-refractivity contribution in [3.8, 4) is 0 Å². The van der Waals surface area contributed by atoms with Crippen molar-refractivity contribution in [2.75, 3.05) is 11.6 Å². The highest BCUT2D eigenvalue weighted by Gasteiger charge is 2.08. The van der Waals surface area contributed by atoms with E-state index in [4.69, 9.17) is 11.6 Å². The molecule has 5 heteroatoms. The number of aromatic nitrogens is 1. The maximum Gasteiger partial charge on any atom is 0.0657 e. The number of benzene rings is 1. The Bertz CT molecular complexity index is 604. The monoisotopic (exact) mass is 308 g/mol. The second-order valence-electron chi connectivity index (χ2n) is 4.64. The van der Waals surface area contributed by atoms with E-state index < -0.39 is 10.8 Å². The molecule has 0 saturated heterocycles. The average Bonchev–Trinajstić information content (AvgIpc) is 2.43. The van der Waals surface area contributed by atoms with E-state index in [9.17, 15) is 4.21 Å². The molecule has 3 nitrogen and oxygen atoms in total. The summed E-state index contributed by atoms with van der Waals surface area (Å²) in [4.78, 5) is 4.33. The Labute approximate surface area is 126 Å². The van der Waals surface area contributed by atoms with Crippen LogP contribution in [0.3, 0.4) is 0 Å². The van der Waals surface area contributed by atoms with E-state index in [1.807, 2.05) is 36.4 Å². The van der Waals surface area contributed by atoms with Crippen LogP contribution in [0.25, 0.3) is 0 Å². The molecular formula is C15H17ClN2OS. The summed E-state index contributed by atoms with van der Waals surface area (Å²) in [5, 5.41) is 4.03. The second-order valence-corrected chi connectivity index (χ2v) is 6.49. The minimum atomic E-state index is -0.908. The molecular weight excluding hydrogens is 292 g/mol. The summed E-state index contributed by atoms with van der Waals surface area (Å²) in [6.45, 7) is 2.05. The first-order chi connectivity index (χ1) is 9.56. The van der Waals surface area contributed by atoms with Gasteiger partial charge in [0.1, 0.15) is 0 Å². The fraction of sp³-hybridized carbons (Fsp3) is 0.267. The standard InChI is InChI=1S/C15H17ClN2OS/c1-11(15-5-3-4-8-17-15)18-13-6-7-14(16)12(9-13)10-20(2)19/h3-9,11,18H,10H2,1-2H3/t11-,20+/m0/s1. The molecule has 106 valence electrons. The number of hydrogen-bond donors (Lipinski definition) is 1. The lowest BCUT2D eigenvalue weighted by Crippen LogP contribution is -2.08. The van der Waals surface area contributed by atoms with E-state index in [-0.39, 0.29) is 6.04 Å². The van der Waals surface area contributed by atoms with Gasteiger partial charge in [0.2, 0.25) is 0 Å². The summed E-state index contributed by atoms with van der Waals surface area (Å²) in [6, 6.07) is 11.6. The molecule has 20 heavy (non-hydrogen) atoms. The molecule has 0 spiro atoms. The Morgan fingerprint density at radius 2 is 2.15 bits per heavy atom. The summed E-state index contributed by atoms with van der Waals surface area (Å²) in [7, 11) is -0.908. The highest BCUT2D eigenvalue weighted by Crippen LogP contribution is 2.24. The molecule has 0 radical (unpaired) electrons. The van der Waals surface area contributed by atoms with Crippen molar-refractivity contribution in [2.45, 2.75) is 18.7 Å². The van der Waals surface area contributed by atoms with Gasteiger partial charge in [0.25, 0.3) is 0 Å². The molecule has 0 fully saturated rings. The Morgan fingerprint density at radius 1 is 1.35 bits per heavy atom. The van der Waals surface area contributed by atoms with Gasteiger partial charge in [-0.15, -0.1) is 0 Å². The number of hydrogen-bond acceptors (Lipinski definition) is 3. The zero-order valence-electron chi connectivity index (χ0n) is 11.5. The first-order valence-electron chi connectivity index (χ1n) is 6.32. The lowest BCUT2D eigenvalue weighted by molar-refractivity contribution is 0.686. The molecule has 1 N–H and O–H groups in total. The molecule has 0 bridgehead atoms. The predicted molar refractivity (Wildman–Crippen MR) is 85.5 cm³/mol. The van der Waals surface area contributed by atoms with Gasteiger partial charge in [0, 0.05) is 39.7 Å². The Kier molecular flexibility index (Phi) is 5.15. The van der Waals surface area contributed by atoms with Crippen LogP contribution < -0.4 is 5.32 Å². The summed E-state index contributed by atoms with van der Waals surface area (Å²) in [5.41, 5.74) is 2.82. The van der Waals surface area contributed by atoms with Crippen LogP contribution in [-0.2, 0) is 16.6 Å². The molecule has 0 aliphatic rings. The number of nitrogens with zero attached hydrogens (tertiary/aromatic N) is 1. The van der Waals surface area contributed by atoms with Crippen molar-refractivity contribution in [1.82, 2.24) is 4.98 Å². The van der Waals surface area contributed by atoms with Gasteiger partial charge in [-0.1, -0.05) is 17.7 Å². The van der Waals surface area contributed by atoms with E-state index in [1.54, 1.807) is 12.5 Å². The quantitative estimate of drug-likeness (QED) is 0.914. The van der Waals surface area contributed by atoms with Gasteiger partial charge in [-0.2, -0.15) is 0 Å². The second kappa shape index (κ2) is 6.86. The molecule has 0 saturated carbocycles. The molecule has 0 unspecified atom stereocenters. The number of rotatable bonds is 5. The number of nitrogens with one attached hydrogen (secondary N) is 1. The summed E-state index contributed by atoms with van der Waals surface area (Å²) >= 11 is 6.12. The fourth-order valence-corrected chi connectivity index (χ4v) is 2.89. The highest BCUT2D eigenvalue weighted by atomic mass is 35.5. The first kappa shape index (κ1) is 15.0. The molecule has 0 aliphatic heterocycles. The van der Waals surface area contributed by atoms with Crippen LogP contribution >= 0.6 is 11.6 Å². The summed E-state index contributed by atoms with van der Waals surface area (Å²) in [5.74, 6) is 0.465. The van der Waals surface area contributed by atoms with Crippen LogP contribution in [-0.4, -0.2) is 15.4 Å². The molecule has 1 heterocycles. The third kappa shape index (κ3) is 4.05. The van der Waals surface area contributed by atoms with Crippen LogP contribution in [0.4, 0.5) is 5.69 Å². The van der Waals surface area contributed by atoms with Crippen LogP contribution in [0.15, 0.2) is 42.6 Å². The normalized spacial score (nSPS) is 13.8. The van der Waals surface area contributed by atoms with Crippen molar-refractivity contribution in [3.63, 3.8) is 0 Å². The minimum absolute atomic E-state index is 0.0948. The lowest BCUT2D eigenvalue weighted by Gasteiger charge is -2.16. The van der Waals surface area contributed by atoms with Gasteiger partial charge in [0.05, 0.1) is 11.7 Å². The number of halogens is 1. The number of anilines is 1. The van der Waals surface area contributed by atoms with Gasteiger partial charge in [-0.25, -0.2) is 0 Å². The molecule has 2 rings (SSSR count). The van der Waals surface area contributed by atoms with Crippen LogP contribution in [0, 0.1) is 0 Å². The fourth-order valence-electron chi connectivity index (χ4n) is 1.95. The lowest BCUT2D eigenvalue weighted by atomic mass is 10.1. The largest absolute Gasteiger partial charge is 0.377 e. The van der Waals surface area contributed by atoms with Gasteiger partial charge in [-0.05, 0) is 42.8 Å². The van der Waals surface area contributed by atoms with Crippen LogP contribution in [0.1, 0.15) is 24.2 Å². The zero-order chi connectivity index (χ0) is 14.5. The molecule has 1 aromatic carbocycles. The Hall–Kier alpha value is -1.39. The smallest absolute Gasteiger partial charge is 0.0657 e. The number of pyridine rings is 1. The highest BCUT2D eigenvalue weighted by molar-refractivity contribution is 7.83. The third-order valence-corrected chi connectivity index (χ3v) is 4.01. The van der Waals surface area contributed by atoms with Crippen molar-refractivity contribution < 1.29 is 4.21 Å². The topological polar surface area (TPSA) is 42.0 Å². The van der Waals surface area contributed by atoms with E-state index in [2.05, 4.69) is 17.2 Å². The molecule has 0 aliphatic carbocycles. The van der Waals surface area contributed by atoms with Gasteiger partial charge in [0.15, 0.2) is 0 Å². The van der Waals surface area contributed by atoms with Crippen molar-refractivity contribution in [2.24, 2.45) is 0 Å². The van der Waals surface area contributed by atoms with Crippen LogP contribution in [0.5, 0.6) is 0 Å². The van der Waals surface area contributed by atoms with Crippen molar-refractivity contribution in [1.29, 1.82) is 0 Å². The SMILES string of the molecule is C[C@H](Nc1ccc(Cl)c(C[S@@](C)=O)c1)c1ccccn1. The van der Waals surface area contributed by atoms with Gasteiger partial charge in [-0.3, -0.25) is 9.19 Å². The summed E-state index contributed by atoms with van der Waals surface area (Å²) in [6.07, 6.45) is 3.45. The molecule has 2 aromatic rings. The van der Waals surface area contributed by atoms with E-state index >= 15 is 0 Å². The van der Waals surface area contributed by atoms with Gasteiger partial charge >= 0.3 is 0 Å². The Morgan fingerprint density at radius 3 is 2.80 bits per heavy atom. The molecule has 2 atom stereocenters. The average molecular weight is 309 g/mol.